The van der Waals surface area contributed by atoms with Crippen LogP contribution in [0.1, 0.15) is 40.5 Å². The van der Waals surface area contributed by atoms with Gasteiger partial charge in [-0.3, -0.25) is 4.79 Å². The zero-order valence-electron chi connectivity index (χ0n) is 9.09. The van der Waals surface area contributed by atoms with E-state index in [4.69, 9.17) is 10.5 Å². The lowest BCUT2D eigenvalue weighted by Crippen LogP contribution is -2.25. The summed E-state index contributed by atoms with van der Waals surface area (Å²) in [6.07, 6.45) is 1.34. The van der Waals surface area contributed by atoms with E-state index < -0.39 is 0 Å². The van der Waals surface area contributed by atoms with E-state index in [2.05, 4.69) is 0 Å². The van der Waals surface area contributed by atoms with Crippen molar-refractivity contribution in [1.82, 2.24) is 0 Å². The highest BCUT2D eigenvalue weighted by Crippen LogP contribution is 2.13. The first-order valence-electron chi connectivity index (χ1n) is 4.77. The molecule has 0 bridgehead atoms. The second-order valence-corrected chi connectivity index (χ2v) is 4.47. The smallest absolute Gasteiger partial charge is 0.306 e. The molecule has 0 aromatic carbocycles. The number of hydrogen-bond donors (Lipinski definition) is 1. The highest BCUT2D eigenvalue weighted by atomic mass is 16.6. The summed E-state index contributed by atoms with van der Waals surface area (Å²) in [6, 6.07) is 0. The molecular weight excluding hydrogens is 166 g/mol. The van der Waals surface area contributed by atoms with Crippen molar-refractivity contribution < 1.29 is 9.53 Å². The van der Waals surface area contributed by atoms with E-state index in [-0.39, 0.29) is 11.6 Å². The zero-order chi connectivity index (χ0) is 10.5. The van der Waals surface area contributed by atoms with Gasteiger partial charge in [0.2, 0.25) is 0 Å². The zero-order valence-corrected chi connectivity index (χ0v) is 9.09. The SMILES string of the molecule is C[C@H](CCN)CC(=O)OC(C)(C)C. The Morgan fingerprint density at radius 3 is 2.38 bits per heavy atom. The Hall–Kier alpha value is -0.570. The third kappa shape index (κ3) is 7.78. The van der Waals surface area contributed by atoms with E-state index in [1.165, 1.54) is 0 Å². The topological polar surface area (TPSA) is 52.3 Å². The van der Waals surface area contributed by atoms with Crippen molar-refractivity contribution in [3.63, 3.8) is 0 Å². The van der Waals surface area contributed by atoms with Crippen LogP contribution in [0.25, 0.3) is 0 Å². The fourth-order valence-corrected chi connectivity index (χ4v) is 1.05. The number of carbonyl (C=O) groups is 1. The summed E-state index contributed by atoms with van der Waals surface area (Å²) in [7, 11) is 0. The van der Waals surface area contributed by atoms with Crippen LogP contribution in [0.3, 0.4) is 0 Å². The molecule has 2 N–H and O–H groups in total. The van der Waals surface area contributed by atoms with Crippen molar-refractivity contribution in [2.45, 2.75) is 46.1 Å². The summed E-state index contributed by atoms with van der Waals surface area (Å²) in [5, 5.41) is 0. The van der Waals surface area contributed by atoms with Crippen LogP contribution in [0.4, 0.5) is 0 Å². The van der Waals surface area contributed by atoms with Gasteiger partial charge < -0.3 is 10.5 Å². The Morgan fingerprint density at radius 2 is 2.00 bits per heavy atom. The molecule has 0 spiro atoms. The molecule has 3 heteroatoms. The highest BCUT2D eigenvalue weighted by Gasteiger charge is 2.17. The van der Waals surface area contributed by atoms with E-state index in [1.54, 1.807) is 0 Å². The Bertz CT molecular complexity index is 161. The van der Waals surface area contributed by atoms with E-state index in [9.17, 15) is 4.79 Å². The van der Waals surface area contributed by atoms with Crippen molar-refractivity contribution in [1.29, 1.82) is 0 Å². The van der Waals surface area contributed by atoms with E-state index in [0.29, 0.717) is 18.9 Å². The number of esters is 1. The number of hydrogen-bond acceptors (Lipinski definition) is 3. The maximum absolute atomic E-state index is 11.3. The predicted molar refractivity (Wildman–Crippen MR) is 53.3 cm³/mol. The van der Waals surface area contributed by atoms with Gasteiger partial charge in [-0.1, -0.05) is 6.92 Å². The summed E-state index contributed by atoms with van der Waals surface area (Å²) in [6.45, 7) is 8.26. The van der Waals surface area contributed by atoms with Crippen LogP contribution in [-0.4, -0.2) is 18.1 Å². The molecule has 1 atom stereocenters. The quantitative estimate of drug-likeness (QED) is 0.681. The molecule has 0 aromatic heterocycles. The summed E-state index contributed by atoms with van der Waals surface area (Å²) in [5.74, 6) is 0.188. The first-order valence-corrected chi connectivity index (χ1v) is 4.77. The molecule has 0 rings (SSSR count). The molecule has 0 unspecified atom stereocenters. The van der Waals surface area contributed by atoms with Crippen molar-refractivity contribution in [2.75, 3.05) is 6.54 Å². The second-order valence-electron chi connectivity index (χ2n) is 4.47. The number of carbonyl (C=O) groups excluding carboxylic acids is 1. The lowest BCUT2D eigenvalue weighted by Gasteiger charge is -2.20. The van der Waals surface area contributed by atoms with E-state index in [1.807, 2.05) is 27.7 Å². The minimum Gasteiger partial charge on any atom is -0.460 e. The molecule has 13 heavy (non-hydrogen) atoms. The van der Waals surface area contributed by atoms with Gasteiger partial charge in [0, 0.05) is 6.42 Å². The summed E-state index contributed by atoms with van der Waals surface area (Å²) in [5.41, 5.74) is 5.00. The molecule has 0 aliphatic carbocycles. The van der Waals surface area contributed by atoms with Crippen LogP contribution in [0, 0.1) is 5.92 Å². The van der Waals surface area contributed by atoms with Crippen LogP contribution in [0.15, 0.2) is 0 Å². The highest BCUT2D eigenvalue weighted by molar-refractivity contribution is 5.70. The van der Waals surface area contributed by atoms with Crippen LogP contribution in [0.2, 0.25) is 0 Å². The molecule has 0 amide bonds. The lowest BCUT2D eigenvalue weighted by atomic mass is 10.0. The summed E-state index contributed by atoms with van der Waals surface area (Å²) in [4.78, 5) is 11.3. The Labute approximate surface area is 80.6 Å². The average Bonchev–Trinajstić information content (AvgIpc) is 1.81. The molecule has 3 nitrogen and oxygen atoms in total. The van der Waals surface area contributed by atoms with Crippen molar-refractivity contribution >= 4 is 5.97 Å². The van der Waals surface area contributed by atoms with Crippen LogP contribution < -0.4 is 5.73 Å². The van der Waals surface area contributed by atoms with Crippen molar-refractivity contribution in [3.8, 4) is 0 Å². The van der Waals surface area contributed by atoms with Crippen LogP contribution in [0.5, 0.6) is 0 Å². The summed E-state index contributed by atoms with van der Waals surface area (Å²) >= 11 is 0. The van der Waals surface area contributed by atoms with Gasteiger partial charge in [0.25, 0.3) is 0 Å². The molecule has 0 radical (unpaired) electrons. The molecule has 0 fully saturated rings. The van der Waals surface area contributed by atoms with Crippen molar-refractivity contribution in [2.24, 2.45) is 11.7 Å². The number of rotatable bonds is 4. The maximum atomic E-state index is 11.3. The minimum absolute atomic E-state index is 0.131. The first-order chi connectivity index (χ1) is 5.85. The Morgan fingerprint density at radius 1 is 1.46 bits per heavy atom. The lowest BCUT2D eigenvalue weighted by molar-refractivity contribution is -0.155. The van der Waals surface area contributed by atoms with Crippen LogP contribution >= 0.6 is 0 Å². The first kappa shape index (κ1) is 12.4. The molecule has 0 aliphatic heterocycles. The Balaban J connectivity index is 3.74. The molecule has 0 aliphatic rings. The Kier molecular flexibility index (Phi) is 4.99. The van der Waals surface area contributed by atoms with Gasteiger partial charge in [-0.15, -0.1) is 0 Å². The van der Waals surface area contributed by atoms with Crippen molar-refractivity contribution in [3.05, 3.63) is 0 Å². The van der Waals surface area contributed by atoms with Gasteiger partial charge in [0.15, 0.2) is 0 Å². The van der Waals surface area contributed by atoms with E-state index in [0.717, 1.165) is 6.42 Å². The molecular formula is C10H21NO2. The van der Waals surface area contributed by atoms with Gasteiger partial charge in [-0.05, 0) is 39.7 Å². The molecule has 0 aromatic rings. The van der Waals surface area contributed by atoms with E-state index >= 15 is 0 Å². The fourth-order valence-electron chi connectivity index (χ4n) is 1.05. The number of ether oxygens (including phenoxy) is 1. The standard InChI is InChI=1S/C10H21NO2/c1-8(5-6-11)7-9(12)13-10(2,3)4/h8H,5-7,11H2,1-4H3/t8-/m1/s1. The average molecular weight is 187 g/mol. The van der Waals surface area contributed by atoms with Gasteiger partial charge in [0.1, 0.15) is 5.60 Å². The predicted octanol–water partition coefficient (Wildman–Crippen LogP) is 1.70. The largest absolute Gasteiger partial charge is 0.460 e. The van der Waals surface area contributed by atoms with Crippen LogP contribution in [-0.2, 0) is 9.53 Å². The van der Waals surface area contributed by atoms with Gasteiger partial charge in [-0.25, -0.2) is 0 Å². The normalized spacial score (nSPS) is 13.9. The summed E-state index contributed by atoms with van der Waals surface area (Å²) < 4.78 is 5.17. The molecule has 0 saturated heterocycles. The third-order valence-electron chi connectivity index (χ3n) is 1.59. The molecule has 0 saturated carbocycles. The van der Waals surface area contributed by atoms with Gasteiger partial charge in [-0.2, -0.15) is 0 Å². The maximum Gasteiger partial charge on any atom is 0.306 e. The minimum atomic E-state index is -0.375. The fraction of sp³-hybridized carbons (Fsp3) is 0.900. The van der Waals surface area contributed by atoms with Gasteiger partial charge in [0.05, 0.1) is 0 Å². The molecule has 0 heterocycles. The third-order valence-corrected chi connectivity index (χ3v) is 1.59. The monoisotopic (exact) mass is 187 g/mol. The molecule has 78 valence electrons. The van der Waals surface area contributed by atoms with Gasteiger partial charge >= 0.3 is 5.97 Å². The second kappa shape index (κ2) is 5.22. The number of nitrogens with two attached hydrogens (primary N) is 1.